The Labute approximate surface area is 108 Å². The lowest BCUT2D eigenvalue weighted by Gasteiger charge is -2.34. The van der Waals surface area contributed by atoms with Crippen molar-refractivity contribution < 1.29 is 14.5 Å². The molecular formula is C10H12ClN3O4. The lowest BCUT2D eigenvalue weighted by molar-refractivity contribution is -0.384. The van der Waals surface area contributed by atoms with Crippen LogP contribution in [0.2, 0.25) is 0 Å². The maximum atomic E-state index is 12.2. The van der Waals surface area contributed by atoms with E-state index in [0.29, 0.717) is 19.8 Å². The van der Waals surface area contributed by atoms with Gasteiger partial charge in [0.15, 0.2) is 0 Å². The van der Waals surface area contributed by atoms with Gasteiger partial charge in [-0.05, 0) is 0 Å². The summed E-state index contributed by atoms with van der Waals surface area (Å²) < 4.78 is 5.24. The number of hydrogen-bond acceptors (Lipinski definition) is 4. The molecule has 2 heterocycles. The Bertz CT molecular complexity index is 462. The summed E-state index contributed by atoms with van der Waals surface area (Å²) in [6.45, 7) is 1.27. The molecule has 18 heavy (non-hydrogen) atoms. The number of carbonyl (C=O) groups excluding carboxylic acids is 1. The van der Waals surface area contributed by atoms with Crippen molar-refractivity contribution in [2.45, 2.75) is 6.04 Å². The number of ether oxygens (including phenoxy) is 1. The Morgan fingerprint density at radius 3 is 3.11 bits per heavy atom. The van der Waals surface area contributed by atoms with Crippen molar-refractivity contribution in [3.05, 3.63) is 28.1 Å². The van der Waals surface area contributed by atoms with Crippen LogP contribution in [0, 0.1) is 10.1 Å². The van der Waals surface area contributed by atoms with E-state index in [1.807, 2.05) is 0 Å². The Morgan fingerprint density at radius 1 is 1.72 bits per heavy atom. The zero-order valence-electron chi connectivity index (χ0n) is 9.47. The molecule has 0 aliphatic carbocycles. The predicted octanol–water partition coefficient (Wildman–Crippen LogP) is 1.00. The van der Waals surface area contributed by atoms with E-state index in [2.05, 4.69) is 4.98 Å². The first-order chi connectivity index (χ1) is 8.63. The van der Waals surface area contributed by atoms with Crippen LogP contribution >= 0.6 is 11.6 Å². The predicted molar refractivity (Wildman–Crippen MR) is 63.8 cm³/mol. The number of nitrogens with zero attached hydrogens (tertiary/aromatic N) is 2. The van der Waals surface area contributed by atoms with Crippen LogP contribution in [0.3, 0.4) is 0 Å². The van der Waals surface area contributed by atoms with Crippen molar-refractivity contribution in [3.8, 4) is 0 Å². The van der Waals surface area contributed by atoms with Gasteiger partial charge in [-0.25, -0.2) is 0 Å². The fourth-order valence-electron chi connectivity index (χ4n) is 1.82. The minimum absolute atomic E-state index is 0.131. The number of alkyl halides is 1. The summed E-state index contributed by atoms with van der Waals surface area (Å²) in [4.78, 5) is 26.4. The SMILES string of the molecule is O=C(c1cc([N+](=O)[O-])c[nH]1)N1CCOCC1CCl. The Balaban J connectivity index is 2.15. The number of hydrogen-bond donors (Lipinski definition) is 1. The third-order valence-corrected chi connectivity index (χ3v) is 3.13. The third-order valence-electron chi connectivity index (χ3n) is 2.78. The van der Waals surface area contributed by atoms with Gasteiger partial charge in [0.05, 0.1) is 30.4 Å². The second kappa shape index (κ2) is 5.36. The summed E-state index contributed by atoms with van der Waals surface area (Å²) in [5.41, 5.74) is 0.0627. The highest BCUT2D eigenvalue weighted by atomic mass is 35.5. The van der Waals surface area contributed by atoms with E-state index in [9.17, 15) is 14.9 Å². The number of morpholine rings is 1. The van der Waals surface area contributed by atoms with E-state index in [0.717, 1.165) is 0 Å². The number of amides is 1. The van der Waals surface area contributed by atoms with Gasteiger partial charge >= 0.3 is 0 Å². The van der Waals surface area contributed by atoms with Gasteiger partial charge in [-0.2, -0.15) is 0 Å². The van der Waals surface area contributed by atoms with Crippen molar-refractivity contribution in [2.24, 2.45) is 0 Å². The van der Waals surface area contributed by atoms with Crippen molar-refractivity contribution in [1.82, 2.24) is 9.88 Å². The summed E-state index contributed by atoms with van der Waals surface area (Å²) in [7, 11) is 0. The molecule has 1 atom stereocenters. The van der Waals surface area contributed by atoms with E-state index >= 15 is 0 Å². The first-order valence-corrected chi connectivity index (χ1v) is 5.94. The van der Waals surface area contributed by atoms with Crippen LogP contribution in [0.1, 0.15) is 10.5 Å². The van der Waals surface area contributed by atoms with E-state index < -0.39 is 4.92 Å². The highest BCUT2D eigenvalue weighted by molar-refractivity contribution is 6.18. The lowest BCUT2D eigenvalue weighted by Crippen LogP contribution is -2.49. The van der Waals surface area contributed by atoms with E-state index in [1.54, 1.807) is 4.90 Å². The van der Waals surface area contributed by atoms with Gasteiger partial charge in [0.25, 0.3) is 11.6 Å². The molecule has 0 spiro atoms. The molecule has 1 unspecified atom stereocenters. The summed E-state index contributed by atoms with van der Waals surface area (Å²) in [6, 6.07) is 1.03. The molecule has 1 fully saturated rings. The fourth-order valence-corrected chi connectivity index (χ4v) is 2.07. The molecule has 1 saturated heterocycles. The largest absolute Gasteiger partial charge is 0.377 e. The molecule has 0 saturated carbocycles. The zero-order chi connectivity index (χ0) is 13.1. The summed E-state index contributed by atoms with van der Waals surface area (Å²) in [6.07, 6.45) is 1.20. The molecule has 8 heteroatoms. The number of aromatic amines is 1. The average Bonchev–Trinajstić information content (AvgIpc) is 2.87. The van der Waals surface area contributed by atoms with E-state index in [1.165, 1.54) is 12.3 Å². The number of nitro groups is 1. The van der Waals surface area contributed by atoms with Gasteiger partial charge in [0, 0.05) is 18.5 Å². The molecule has 1 aliphatic rings. The van der Waals surface area contributed by atoms with E-state index in [-0.39, 0.29) is 29.2 Å². The molecule has 1 aromatic heterocycles. The van der Waals surface area contributed by atoms with Crippen LogP contribution in [0.15, 0.2) is 12.3 Å². The van der Waals surface area contributed by atoms with E-state index in [4.69, 9.17) is 16.3 Å². The number of carbonyl (C=O) groups is 1. The second-order valence-electron chi connectivity index (χ2n) is 3.91. The average molecular weight is 274 g/mol. The second-order valence-corrected chi connectivity index (χ2v) is 4.22. The molecular weight excluding hydrogens is 262 g/mol. The summed E-state index contributed by atoms with van der Waals surface area (Å²) in [5.74, 6) is -0.0220. The van der Waals surface area contributed by atoms with Gasteiger partial charge in [-0.15, -0.1) is 11.6 Å². The molecule has 1 aromatic rings. The Morgan fingerprint density at radius 2 is 2.50 bits per heavy atom. The maximum absolute atomic E-state index is 12.2. The van der Waals surface area contributed by atoms with Crippen molar-refractivity contribution in [3.63, 3.8) is 0 Å². The van der Waals surface area contributed by atoms with Gasteiger partial charge in [-0.1, -0.05) is 0 Å². The van der Waals surface area contributed by atoms with Crippen molar-refractivity contribution >= 4 is 23.2 Å². The van der Waals surface area contributed by atoms with Gasteiger partial charge in [0.2, 0.25) is 0 Å². The molecule has 1 amide bonds. The Kier molecular flexibility index (Phi) is 3.83. The molecule has 0 aromatic carbocycles. The standard InChI is InChI=1S/C10H12ClN3O4/c11-4-8-6-18-2-1-13(8)10(15)9-3-7(5-12-9)14(16)17/h3,5,8,12H,1-2,4,6H2. The monoisotopic (exact) mass is 273 g/mol. The number of nitrogens with one attached hydrogen (secondary N) is 1. The fraction of sp³-hybridized carbons (Fsp3) is 0.500. The van der Waals surface area contributed by atoms with Crippen LogP contribution in [0.25, 0.3) is 0 Å². The molecule has 0 bridgehead atoms. The van der Waals surface area contributed by atoms with Crippen LogP contribution in [-0.4, -0.2) is 52.4 Å². The molecule has 98 valence electrons. The Hall–Kier alpha value is -1.60. The summed E-state index contributed by atoms with van der Waals surface area (Å²) in [5, 5.41) is 10.6. The van der Waals surface area contributed by atoms with Crippen molar-refractivity contribution in [1.29, 1.82) is 0 Å². The first-order valence-electron chi connectivity index (χ1n) is 5.41. The third kappa shape index (κ3) is 2.46. The quantitative estimate of drug-likeness (QED) is 0.505. The smallest absolute Gasteiger partial charge is 0.287 e. The number of halogens is 1. The minimum Gasteiger partial charge on any atom is -0.377 e. The minimum atomic E-state index is -0.550. The van der Waals surface area contributed by atoms with Gasteiger partial charge < -0.3 is 14.6 Å². The van der Waals surface area contributed by atoms with Crippen LogP contribution < -0.4 is 0 Å². The lowest BCUT2D eigenvalue weighted by atomic mass is 10.2. The molecule has 1 N–H and O–H groups in total. The highest BCUT2D eigenvalue weighted by Gasteiger charge is 2.29. The molecule has 1 aliphatic heterocycles. The van der Waals surface area contributed by atoms with Gasteiger partial charge in [-0.3, -0.25) is 14.9 Å². The van der Waals surface area contributed by atoms with Crippen LogP contribution in [0.5, 0.6) is 0 Å². The number of aromatic nitrogens is 1. The van der Waals surface area contributed by atoms with Gasteiger partial charge in [0.1, 0.15) is 5.69 Å². The number of H-pyrrole nitrogens is 1. The maximum Gasteiger partial charge on any atom is 0.287 e. The molecule has 7 nitrogen and oxygen atoms in total. The molecule has 0 radical (unpaired) electrons. The normalized spacial score (nSPS) is 19.8. The highest BCUT2D eigenvalue weighted by Crippen LogP contribution is 2.17. The van der Waals surface area contributed by atoms with Crippen LogP contribution in [0.4, 0.5) is 5.69 Å². The molecule has 2 rings (SSSR count). The topological polar surface area (TPSA) is 88.5 Å². The summed E-state index contributed by atoms with van der Waals surface area (Å²) >= 11 is 5.77. The van der Waals surface area contributed by atoms with Crippen molar-refractivity contribution in [2.75, 3.05) is 25.6 Å². The zero-order valence-corrected chi connectivity index (χ0v) is 10.2. The first kappa shape index (κ1) is 12.8. The van der Waals surface area contributed by atoms with Crippen LogP contribution in [-0.2, 0) is 4.74 Å². The number of rotatable bonds is 3.